The van der Waals surface area contributed by atoms with E-state index >= 15 is 0 Å². The number of benzene rings is 2. The number of halogens is 3. The number of aromatic nitrogens is 2. The van der Waals surface area contributed by atoms with Crippen LogP contribution in [0.2, 0.25) is 0 Å². The lowest BCUT2D eigenvalue weighted by molar-refractivity contribution is -0.130. The van der Waals surface area contributed by atoms with Gasteiger partial charge in [-0.2, -0.15) is 0 Å². The maximum atomic E-state index is 13.8. The van der Waals surface area contributed by atoms with Crippen LogP contribution in [-0.4, -0.2) is 39.0 Å². The first-order valence-corrected chi connectivity index (χ1v) is 10.5. The van der Waals surface area contributed by atoms with Crippen LogP contribution >= 0.6 is 0 Å². The largest absolute Gasteiger partial charge is 0.513 e. The Morgan fingerprint density at radius 2 is 1.86 bits per heavy atom. The Labute approximate surface area is 197 Å². The molecular weight excluding hydrogens is 467 g/mol. The van der Waals surface area contributed by atoms with Crippen molar-refractivity contribution in [1.82, 2.24) is 14.9 Å². The van der Waals surface area contributed by atoms with Crippen LogP contribution in [0.4, 0.5) is 13.2 Å². The Morgan fingerprint density at radius 3 is 2.49 bits per heavy atom. The average molecular weight is 489 g/mol. The highest BCUT2D eigenvalue weighted by molar-refractivity contribution is 5.91. The van der Waals surface area contributed by atoms with Crippen LogP contribution in [0.5, 0.6) is 5.75 Å². The van der Waals surface area contributed by atoms with Gasteiger partial charge in [0.1, 0.15) is 18.5 Å². The number of nitrogens with zero attached hydrogens (tertiary/aromatic N) is 2. The molecule has 2 aromatic carbocycles. The van der Waals surface area contributed by atoms with Gasteiger partial charge in [-0.1, -0.05) is 25.6 Å². The summed E-state index contributed by atoms with van der Waals surface area (Å²) in [6, 6.07) is 4.94. The van der Waals surface area contributed by atoms with Crippen LogP contribution in [0, 0.1) is 17.5 Å². The number of hydrogen-bond acceptors (Lipinski definition) is 6. The summed E-state index contributed by atoms with van der Waals surface area (Å²) in [5.74, 6) is -6.85. The van der Waals surface area contributed by atoms with Crippen LogP contribution in [0.15, 0.2) is 59.9 Å². The molecule has 1 amide bonds. The van der Waals surface area contributed by atoms with Crippen molar-refractivity contribution in [2.75, 3.05) is 6.61 Å². The van der Waals surface area contributed by atoms with Crippen molar-refractivity contribution in [3.05, 3.63) is 82.9 Å². The summed E-state index contributed by atoms with van der Waals surface area (Å²) in [5, 5.41) is 12.3. The molecular formula is C24H22F3N3O5. The number of para-hydroxylation sites is 1. The Morgan fingerprint density at radius 1 is 1.20 bits per heavy atom. The fourth-order valence-electron chi connectivity index (χ4n) is 3.47. The predicted molar refractivity (Wildman–Crippen MR) is 120 cm³/mol. The Balaban J connectivity index is 1.80. The molecule has 184 valence electrons. The number of aliphatic hydroxyl groups excluding tert-OH is 1. The molecule has 0 unspecified atom stereocenters. The standard InChI is InChI=1S/C24H22F3N3O5/c1-3-20(30-12-28-18-7-5-4-6-15(18)24(30)34)23(33)29-19(8-13(2)31)21(32)11-35-22-16(26)9-14(25)10-17(22)27/h4-7,9-10,12,19-20,31H,2-3,8,11H2,1H3,(H,29,33)/t19-,20-/m0/s1. The Hall–Kier alpha value is -4.15. The molecule has 1 aromatic heterocycles. The molecule has 3 rings (SSSR count). The topological polar surface area (TPSA) is 111 Å². The highest BCUT2D eigenvalue weighted by atomic mass is 19.1. The van der Waals surface area contributed by atoms with Crippen LogP contribution in [0.3, 0.4) is 0 Å². The molecule has 35 heavy (non-hydrogen) atoms. The molecule has 0 saturated carbocycles. The number of carbonyl (C=O) groups excluding carboxylic acids is 2. The first kappa shape index (κ1) is 25.5. The summed E-state index contributed by atoms with van der Waals surface area (Å²) in [5.41, 5.74) is -0.0105. The zero-order valence-corrected chi connectivity index (χ0v) is 18.6. The molecule has 2 atom stereocenters. The highest BCUT2D eigenvalue weighted by Crippen LogP contribution is 2.23. The zero-order valence-electron chi connectivity index (χ0n) is 18.6. The second kappa shape index (κ2) is 10.9. The number of rotatable bonds is 10. The van der Waals surface area contributed by atoms with Crippen LogP contribution in [-0.2, 0) is 9.59 Å². The van der Waals surface area contributed by atoms with Gasteiger partial charge in [-0.05, 0) is 18.6 Å². The second-order valence-corrected chi connectivity index (χ2v) is 7.68. The molecule has 0 saturated heterocycles. The van der Waals surface area contributed by atoms with Gasteiger partial charge in [-0.3, -0.25) is 19.0 Å². The van der Waals surface area contributed by atoms with Crippen LogP contribution in [0.25, 0.3) is 10.9 Å². The van der Waals surface area contributed by atoms with Gasteiger partial charge in [0.05, 0.1) is 29.0 Å². The van der Waals surface area contributed by atoms with E-state index in [1.54, 1.807) is 31.2 Å². The van der Waals surface area contributed by atoms with Crippen LogP contribution < -0.4 is 15.6 Å². The smallest absolute Gasteiger partial charge is 0.261 e. The monoisotopic (exact) mass is 489 g/mol. The van der Waals surface area contributed by atoms with Gasteiger partial charge in [0.2, 0.25) is 5.91 Å². The number of ether oxygens (including phenoxy) is 1. The lowest BCUT2D eigenvalue weighted by Crippen LogP contribution is -2.47. The molecule has 3 aromatic rings. The van der Waals surface area contributed by atoms with E-state index in [0.717, 1.165) is 4.57 Å². The van der Waals surface area contributed by atoms with Gasteiger partial charge < -0.3 is 15.2 Å². The molecule has 2 N–H and O–H groups in total. The van der Waals surface area contributed by atoms with Gasteiger partial charge in [0, 0.05) is 18.6 Å². The predicted octanol–water partition coefficient (Wildman–Crippen LogP) is 3.36. The van der Waals surface area contributed by atoms with Gasteiger partial charge >= 0.3 is 0 Å². The fraction of sp³-hybridized carbons (Fsp3) is 0.250. The molecule has 0 aliphatic heterocycles. The second-order valence-electron chi connectivity index (χ2n) is 7.68. The number of amides is 1. The molecule has 1 heterocycles. The van der Waals surface area contributed by atoms with Crippen molar-refractivity contribution < 1.29 is 32.6 Å². The average Bonchev–Trinajstić information content (AvgIpc) is 2.79. The SMILES string of the molecule is C=C(O)C[C@H](NC(=O)[C@H](CC)n1cnc2ccccc2c1=O)C(=O)COc1c(F)cc(F)cc1F. The third kappa shape index (κ3) is 5.86. The van der Waals surface area contributed by atoms with Gasteiger partial charge in [0.25, 0.3) is 5.56 Å². The summed E-state index contributed by atoms with van der Waals surface area (Å²) >= 11 is 0. The summed E-state index contributed by atoms with van der Waals surface area (Å²) < 4.78 is 46.7. The van der Waals surface area contributed by atoms with Gasteiger partial charge in [-0.15, -0.1) is 0 Å². The highest BCUT2D eigenvalue weighted by Gasteiger charge is 2.28. The fourth-order valence-corrected chi connectivity index (χ4v) is 3.47. The molecule has 0 bridgehead atoms. The third-order valence-electron chi connectivity index (χ3n) is 5.18. The summed E-state index contributed by atoms with van der Waals surface area (Å²) in [7, 11) is 0. The number of hydrogen-bond donors (Lipinski definition) is 2. The van der Waals surface area contributed by atoms with E-state index in [1.165, 1.54) is 6.33 Å². The van der Waals surface area contributed by atoms with Crippen molar-refractivity contribution in [3.63, 3.8) is 0 Å². The minimum absolute atomic E-state index is 0.162. The number of nitrogens with one attached hydrogen (secondary N) is 1. The maximum absolute atomic E-state index is 13.8. The molecule has 8 nitrogen and oxygen atoms in total. The molecule has 0 fully saturated rings. The Bertz CT molecular complexity index is 1320. The zero-order chi connectivity index (χ0) is 25.7. The first-order chi connectivity index (χ1) is 16.6. The first-order valence-electron chi connectivity index (χ1n) is 10.5. The van der Waals surface area contributed by atoms with E-state index in [4.69, 9.17) is 4.74 Å². The maximum Gasteiger partial charge on any atom is 0.261 e. The van der Waals surface area contributed by atoms with E-state index in [-0.39, 0.29) is 6.42 Å². The van der Waals surface area contributed by atoms with E-state index in [9.17, 15) is 32.7 Å². The lowest BCUT2D eigenvalue weighted by atomic mass is 10.1. The molecule has 0 radical (unpaired) electrons. The normalized spacial score (nSPS) is 12.7. The van der Waals surface area contributed by atoms with Crippen molar-refractivity contribution in [1.29, 1.82) is 0 Å². The van der Waals surface area contributed by atoms with Gasteiger partial charge in [-0.25, -0.2) is 18.2 Å². The lowest BCUT2D eigenvalue weighted by Gasteiger charge is -2.22. The molecule has 11 heteroatoms. The molecule has 0 spiro atoms. The number of aliphatic hydroxyl groups is 1. The van der Waals surface area contributed by atoms with Crippen molar-refractivity contribution in [2.24, 2.45) is 0 Å². The van der Waals surface area contributed by atoms with E-state index < -0.39 is 71.3 Å². The number of carbonyl (C=O) groups is 2. The molecule has 0 aliphatic carbocycles. The number of fused-ring (bicyclic) bond motifs is 1. The van der Waals surface area contributed by atoms with E-state index in [0.29, 0.717) is 23.0 Å². The summed E-state index contributed by atoms with van der Waals surface area (Å²) in [6.07, 6.45) is 0.974. The minimum Gasteiger partial charge on any atom is -0.513 e. The van der Waals surface area contributed by atoms with E-state index in [2.05, 4.69) is 16.9 Å². The van der Waals surface area contributed by atoms with Crippen molar-refractivity contribution in [2.45, 2.75) is 31.8 Å². The van der Waals surface area contributed by atoms with Gasteiger partial charge in [0.15, 0.2) is 23.2 Å². The molecule has 0 aliphatic rings. The minimum atomic E-state index is -1.38. The number of Topliss-reactive ketones (excluding diaryl/α,β-unsaturated/α-hetero) is 1. The number of ketones is 1. The van der Waals surface area contributed by atoms with Crippen molar-refractivity contribution in [3.8, 4) is 5.75 Å². The van der Waals surface area contributed by atoms with Crippen LogP contribution in [0.1, 0.15) is 25.8 Å². The van der Waals surface area contributed by atoms with Crippen molar-refractivity contribution >= 4 is 22.6 Å². The summed E-state index contributed by atoms with van der Waals surface area (Å²) in [4.78, 5) is 42.8. The summed E-state index contributed by atoms with van der Waals surface area (Å²) in [6.45, 7) is 4.05. The Kier molecular flexibility index (Phi) is 7.90. The quantitative estimate of drug-likeness (QED) is 0.423. The van der Waals surface area contributed by atoms with E-state index in [1.807, 2.05) is 0 Å². The third-order valence-corrected chi connectivity index (χ3v) is 5.18.